The number of pyridine rings is 1. The Morgan fingerprint density at radius 1 is 1.03 bits per heavy atom. The predicted molar refractivity (Wildman–Crippen MR) is 111 cm³/mol. The highest BCUT2D eigenvalue weighted by molar-refractivity contribution is 6.02. The van der Waals surface area contributed by atoms with Gasteiger partial charge in [-0.05, 0) is 41.5 Å². The molecule has 0 saturated carbocycles. The van der Waals surface area contributed by atoms with Crippen LogP contribution in [-0.2, 0) is 14.1 Å². The fourth-order valence-electron chi connectivity index (χ4n) is 3.82. The topological polar surface area (TPSA) is 59.4 Å². The van der Waals surface area contributed by atoms with Crippen molar-refractivity contribution < 1.29 is 4.39 Å². The third-order valence-electron chi connectivity index (χ3n) is 5.20. The lowest BCUT2D eigenvalue weighted by Gasteiger charge is -2.13. The van der Waals surface area contributed by atoms with Crippen molar-refractivity contribution in [2.75, 3.05) is 0 Å². The molecule has 6 heteroatoms. The highest BCUT2D eigenvalue weighted by Crippen LogP contribution is 2.38. The van der Waals surface area contributed by atoms with Gasteiger partial charge in [-0.2, -0.15) is 10.4 Å². The molecule has 0 fully saturated rings. The van der Waals surface area contributed by atoms with Crippen molar-refractivity contribution in [3.8, 4) is 28.3 Å². The first kappa shape index (κ1) is 17.1. The predicted octanol–water partition coefficient (Wildman–Crippen LogP) is 4.80. The standard InChI is InChI=1S/C23H16FN5/c1-28-8-7-18-22(15-3-4-16(11-25)20(24)10-15)19(12-26-23(18)28)14-5-6-21-17(9-14)13-29(2)27-21/h3-10,12-13H,1-2H3. The second-order valence-corrected chi connectivity index (χ2v) is 7.09. The van der Waals surface area contributed by atoms with Gasteiger partial charge in [0, 0.05) is 54.6 Å². The Hall–Kier alpha value is -3.98. The monoisotopic (exact) mass is 381 g/mol. The number of aryl methyl sites for hydroxylation is 2. The Morgan fingerprint density at radius 3 is 2.66 bits per heavy atom. The lowest BCUT2D eigenvalue weighted by molar-refractivity contribution is 0.624. The summed E-state index contributed by atoms with van der Waals surface area (Å²) in [7, 11) is 3.82. The molecule has 3 aromatic heterocycles. The first-order valence-electron chi connectivity index (χ1n) is 9.13. The zero-order chi connectivity index (χ0) is 20.1. The van der Waals surface area contributed by atoms with Crippen molar-refractivity contribution in [3.63, 3.8) is 0 Å². The number of nitrogens with zero attached hydrogens (tertiary/aromatic N) is 5. The Morgan fingerprint density at radius 2 is 1.86 bits per heavy atom. The lowest BCUT2D eigenvalue weighted by Crippen LogP contribution is -1.94. The molecule has 0 N–H and O–H groups in total. The minimum atomic E-state index is -0.528. The zero-order valence-corrected chi connectivity index (χ0v) is 15.9. The fourth-order valence-corrected chi connectivity index (χ4v) is 3.82. The first-order valence-corrected chi connectivity index (χ1v) is 9.13. The second kappa shape index (κ2) is 6.28. The summed E-state index contributed by atoms with van der Waals surface area (Å²) in [5, 5.41) is 15.5. The fraction of sp³-hybridized carbons (Fsp3) is 0.0870. The minimum absolute atomic E-state index is 0.0328. The molecule has 0 radical (unpaired) electrons. The van der Waals surface area contributed by atoms with Crippen LogP contribution in [0, 0.1) is 17.1 Å². The molecule has 5 rings (SSSR count). The molecule has 0 bridgehead atoms. The van der Waals surface area contributed by atoms with Crippen molar-refractivity contribution in [1.29, 1.82) is 5.26 Å². The first-order chi connectivity index (χ1) is 14.0. The van der Waals surface area contributed by atoms with Gasteiger partial charge in [0.05, 0.1) is 11.1 Å². The molecule has 3 heterocycles. The molecule has 0 unspecified atom stereocenters. The largest absolute Gasteiger partial charge is 0.336 e. The molecule has 140 valence electrons. The summed E-state index contributed by atoms with van der Waals surface area (Å²) in [5.74, 6) is -0.528. The SMILES string of the molecule is Cn1cc2cc(-c3cnc4c(ccn4C)c3-c3ccc(C#N)c(F)c3)ccc2n1. The van der Waals surface area contributed by atoms with Crippen molar-refractivity contribution in [2.45, 2.75) is 0 Å². The molecule has 0 spiro atoms. The van der Waals surface area contributed by atoms with Gasteiger partial charge in [-0.1, -0.05) is 12.1 Å². The molecule has 0 amide bonds. The number of aromatic nitrogens is 4. The Balaban J connectivity index is 1.82. The van der Waals surface area contributed by atoms with Crippen molar-refractivity contribution in [3.05, 3.63) is 72.4 Å². The quantitative estimate of drug-likeness (QED) is 0.441. The summed E-state index contributed by atoms with van der Waals surface area (Å²) >= 11 is 0. The van der Waals surface area contributed by atoms with E-state index < -0.39 is 5.82 Å². The van der Waals surface area contributed by atoms with Crippen LogP contribution in [0.4, 0.5) is 4.39 Å². The van der Waals surface area contributed by atoms with Crippen LogP contribution in [0.15, 0.2) is 61.1 Å². The Bertz CT molecular complexity index is 1450. The van der Waals surface area contributed by atoms with E-state index in [0.717, 1.165) is 38.6 Å². The maximum Gasteiger partial charge on any atom is 0.141 e. The van der Waals surface area contributed by atoms with Crippen LogP contribution in [0.2, 0.25) is 0 Å². The third-order valence-corrected chi connectivity index (χ3v) is 5.20. The summed E-state index contributed by atoms with van der Waals surface area (Å²) in [4.78, 5) is 4.64. The van der Waals surface area contributed by atoms with E-state index in [2.05, 4.69) is 16.1 Å². The second-order valence-electron chi connectivity index (χ2n) is 7.09. The molecule has 2 aromatic carbocycles. The van der Waals surface area contributed by atoms with E-state index in [1.165, 1.54) is 12.1 Å². The summed E-state index contributed by atoms with van der Waals surface area (Å²) in [5.41, 5.74) is 5.24. The normalized spacial score (nSPS) is 11.2. The highest BCUT2D eigenvalue weighted by atomic mass is 19.1. The molecular formula is C23H16FN5. The molecule has 0 aliphatic carbocycles. The van der Waals surface area contributed by atoms with E-state index in [1.54, 1.807) is 10.7 Å². The molecular weight excluding hydrogens is 365 g/mol. The van der Waals surface area contributed by atoms with Gasteiger partial charge in [0.1, 0.15) is 17.5 Å². The molecule has 0 saturated heterocycles. The van der Waals surface area contributed by atoms with Crippen LogP contribution in [0.1, 0.15) is 5.56 Å². The van der Waals surface area contributed by atoms with E-state index in [0.29, 0.717) is 5.56 Å². The summed E-state index contributed by atoms with van der Waals surface area (Å²) in [6, 6.07) is 14.6. The summed E-state index contributed by atoms with van der Waals surface area (Å²) in [6.45, 7) is 0. The van der Waals surface area contributed by atoms with E-state index in [4.69, 9.17) is 5.26 Å². The van der Waals surface area contributed by atoms with Crippen molar-refractivity contribution in [2.24, 2.45) is 14.1 Å². The number of nitriles is 1. The Kier molecular flexibility index (Phi) is 3.71. The van der Waals surface area contributed by atoms with Crippen LogP contribution in [-0.4, -0.2) is 19.3 Å². The highest BCUT2D eigenvalue weighted by Gasteiger charge is 2.17. The summed E-state index contributed by atoms with van der Waals surface area (Å²) < 4.78 is 18.2. The lowest BCUT2D eigenvalue weighted by atomic mass is 9.93. The molecule has 29 heavy (non-hydrogen) atoms. The molecule has 0 atom stereocenters. The van der Waals surface area contributed by atoms with Crippen LogP contribution in [0.3, 0.4) is 0 Å². The van der Waals surface area contributed by atoms with Crippen molar-refractivity contribution in [1.82, 2.24) is 19.3 Å². The van der Waals surface area contributed by atoms with Gasteiger partial charge in [0.2, 0.25) is 0 Å². The number of rotatable bonds is 2. The van der Waals surface area contributed by atoms with Crippen LogP contribution in [0.5, 0.6) is 0 Å². The maximum absolute atomic E-state index is 14.4. The molecule has 0 aliphatic heterocycles. The van der Waals surface area contributed by atoms with Gasteiger partial charge in [-0.3, -0.25) is 4.68 Å². The molecule has 5 nitrogen and oxygen atoms in total. The number of fused-ring (bicyclic) bond motifs is 2. The van der Waals surface area contributed by atoms with E-state index in [1.807, 2.05) is 61.5 Å². The van der Waals surface area contributed by atoms with Gasteiger partial charge in [0.25, 0.3) is 0 Å². The van der Waals surface area contributed by atoms with E-state index >= 15 is 0 Å². The smallest absolute Gasteiger partial charge is 0.141 e. The van der Waals surface area contributed by atoms with Crippen LogP contribution >= 0.6 is 0 Å². The van der Waals surface area contributed by atoms with Gasteiger partial charge in [-0.15, -0.1) is 0 Å². The van der Waals surface area contributed by atoms with Crippen molar-refractivity contribution >= 4 is 21.9 Å². The number of hydrogen-bond acceptors (Lipinski definition) is 3. The van der Waals surface area contributed by atoms with E-state index in [-0.39, 0.29) is 5.56 Å². The zero-order valence-electron chi connectivity index (χ0n) is 15.9. The average Bonchev–Trinajstić information content (AvgIpc) is 3.28. The maximum atomic E-state index is 14.4. The van der Waals surface area contributed by atoms with Gasteiger partial charge >= 0.3 is 0 Å². The van der Waals surface area contributed by atoms with Crippen LogP contribution in [0.25, 0.3) is 44.2 Å². The summed E-state index contributed by atoms with van der Waals surface area (Å²) in [6.07, 6.45) is 5.73. The van der Waals surface area contributed by atoms with Gasteiger partial charge < -0.3 is 4.57 Å². The number of halogens is 1. The molecule has 5 aromatic rings. The average molecular weight is 381 g/mol. The molecule has 0 aliphatic rings. The Labute approximate surface area is 166 Å². The minimum Gasteiger partial charge on any atom is -0.336 e. The van der Waals surface area contributed by atoms with Gasteiger partial charge in [0.15, 0.2) is 0 Å². The van der Waals surface area contributed by atoms with Gasteiger partial charge in [-0.25, -0.2) is 9.37 Å². The van der Waals surface area contributed by atoms with E-state index in [9.17, 15) is 4.39 Å². The third kappa shape index (κ3) is 2.67. The van der Waals surface area contributed by atoms with Crippen LogP contribution < -0.4 is 0 Å². The number of benzene rings is 2. The number of hydrogen-bond donors (Lipinski definition) is 0.